The van der Waals surface area contributed by atoms with Gasteiger partial charge in [-0.3, -0.25) is 0 Å². The van der Waals surface area contributed by atoms with E-state index in [2.05, 4.69) is 20.6 Å². The summed E-state index contributed by atoms with van der Waals surface area (Å²) in [6, 6.07) is 12.7. The molecule has 3 aromatic rings. The molecule has 0 unspecified atom stereocenters. The van der Waals surface area contributed by atoms with Gasteiger partial charge in [0.05, 0.1) is 5.69 Å². The molecule has 1 heterocycles. The van der Waals surface area contributed by atoms with Crippen molar-refractivity contribution < 1.29 is 8.78 Å². The summed E-state index contributed by atoms with van der Waals surface area (Å²) in [6.45, 7) is 2.42. The first-order valence-electron chi connectivity index (χ1n) is 8.06. The number of aromatic nitrogens is 2. The second-order valence-corrected chi connectivity index (χ2v) is 6.17. The Morgan fingerprint density at radius 3 is 2.42 bits per heavy atom. The molecule has 0 bridgehead atoms. The Labute approximate surface area is 155 Å². The largest absolute Gasteiger partial charge is 0.370 e. The quantitative estimate of drug-likeness (QED) is 0.629. The molecular weight excluding hydrogens is 358 g/mol. The van der Waals surface area contributed by atoms with E-state index in [1.807, 2.05) is 24.3 Å². The molecule has 0 aliphatic heterocycles. The topological polar surface area (TPSA) is 49.8 Å². The second kappa shape index (κ2) is 8.10. The third-order valence-corrected chi connectivity index (χ3v) is 3.92. The van der Waals surface area contributed by atoms with E-state index < -0.39 is 11.6 Å². The maximum absolute atomic E-state index is 13.8. The summed E-state index contributed by atoms with van der Waals surface area (Å²) < 4.78 is 26.8. The summed E-state index contributed by atoms with van der Waals surface area (Å²) >= 11 is 5.88. The molecule has 2 aromatic carbocycles. The van der Waals surface area contributed by atoms with Crippen LogP contribution < -0.4 is 10.6 Å². The molecule has 0 aliphatic carbocycles. The first-order valence-corrected chi connectivity index (χ1v) is 8.43. The highest BCUT2D eigenvalue weighted by Crippen LogP contribution is 2.21. The van der Waals surface area contributed by atoms with Crippen molar-refractivity contribution in [3.05, 3.63) is 76.6 Å². The summed E-state index contributed by atoms with van der Waals surface area (Å²) in [5.74, 6) is 0.273. The van der Waals surface area contributed by atoms with Crippen LogP contribution in [0, 0.1) is 18.6 Å². The highest BCUT2D eigenvalue weighted by Gasteiger charge is 2.07. The van der Waals surface area contributed by atoms with Crippen molar-refractivity contribution in [2.45, 2.75) is 13.3 Å². The van der Waals surface area contributed by atoms with Gasteiger partial charge in [0, 0.05) is 23.7 Å². The van der Waals surface area contributed by atoms with Crippen LogP contribution >= 0.6 is 11.6 Å². The van der Waals surface area contributed by atoms with Crippen molar-refractivity contribution in [1.29, 1.82) is 0 Å². The minimum atomic E-state index is -0.682. The monoisotopic (exact) mass is 374 g/mol. The van der Waals surface area contributed by atoms with E-state index in [4.69, 9.17) is 11.6 Å². The molecule has 26 heavy (non-hydrogen) atoms. The summed E-state index contributed by atoms with van der Waals surface area (Å²) in [4.78, 5) is 8.55. The highest BCUT2D eigenvalue weighted by molar-refractivity contribution is 6.30. The van der Waals surface area contributed by atoms with Gasteiger partial charge in [-0.05, 0) is 43.2 Å². The highest BCUT2D eigenvalue weighted by atomic mass is 35.5. The second-order valence-electron chi connectivity index (χ2n) is 5.74. The van der Waals surface area contributed by atoms with Crippen LogP contribution in [0.4, 0.5) is 26.1 Å². The minimum absolute atomic E-state index is 0.150. The predicted octanol–water partition coefficient (Wildman–Crippen LogP) is 5.11. The lowest BCUT2D eigenvalue weighted by atomic mass is 10.1. The van der Waals surface area contributed by atoms with Gasteiger partial charge in [-0.2, -0.15) is 0 Å². The average Bonchev–Trinajstić information content (AvgIpc) is 2.59. The van der Waals surface area contributed by atoms with Crippen LogP contribution in [-0.2, 0) is 6.42 Å². The number of benzene rings is 2. The van der Waals surface area contributed by atoms with Crippen LogP contribution in [0.5, 0.6) is 0 Å². The Kier molecular flexibility index (Phi) is 5.63. The number of nitrogens with one attached hydrogen (secondary N) is 2. The van der Waals surface area contributed by atoms with Crippen LogP contribution in [0.2, 0.25) is 5.02 Å². The fraction of sp³-hybridized carbons (Fsp3) is 0.158. The molecule has 0 amide bonds. The molecule has 0 atom stereocenters. The SMILES string of the molecule is Cc1nc(NCCc2ccc(Cl)cc2)cc(Nc2ccc(F)cc2F)n1. The molecule has 1 aromatic heterocycles. The number of rotatable bonds is 6. The molecule has 0 fully saturated rings. The van der Waals surface area contributed by atoms with E-state index in [-0.39, 0.29) is 5.69 Å². The molecule has 0 radical (unpaired) electrons. The molecule has 0 saturated heterocycles. The third-order valence-electron chi connectivity index (χ3n) is 3.66. The lowest BCUT2D eigenvalue weighted by Crippen LogP contribution is -2.08. The fourth-order valence-corrected chi connectivity index (χ4v) is 2.56. The van der Waals surface area contributed by atoms with Crippen molar-refractivity contribution >= 4 is 28.9 Å². The molecule has 0 saturated carbocycles. The zero-order chi connectivity index (χ0) is 18.5. The Bertz CT molecular complexity index is 901. The summed E-state index contributed by atoms with van der Waals surface area (Å²) in [6.07, 6.45) is 0.801. The molecule has 4 nitrogen and oxygen atoms in total. The standard InChI is InChI=1S/C19H17ClF2N4/c1-12-24-18(23-9-8-13-2-4-14(20)5-3-13)11-19(25-12)26-17-7-6-15(21)10-16(17)22/h2-7,10-11H,8-9H2,1H3,(H2,23,24,25,26). The van der Waals surface area contributed by atoms with E-state index in [1.165, 1.54) is 12.1 Å². The lowest BCUT2D eigenvalue weighted by molar-refractivity contribution is 0.586. The van der Waals surface area contributed by atoms with Crippen LogP contribution in [0.25, 0.3) is 0 Å². The van der Waals surface area contributed by atoms with Crippen LogP contribution in [0.15, 0.2) is 48.5 Å². The van der Waals surface area contributed by atoms with Crippen molar-refractivity contribution in [2.24, 2.45) is 0 Å². The van der Waals surface area contributed by atoms with E-state index >= 15 is 0 Å². The number of hydrogen-bond acceptors (Lipinski definition) is 4. The van der Waals surface area contributed by atoms with Gasteiger partial charge >= 0.3 is 0 Å². The Morgan fingerprint density at radius 1 is 0.962 bits per heavy atom. The number of anilines is 3. The number of aryl methyl sites for hydroxylation is 1. The smallest absolute Gasteiger partial charge is 0.149 e. The van der Waals surface area contributed by atoms with Gasteiger partial charge in [-0.25, -0.2) is 18.7 Å². The first-order chi connectivity index (χ1) is 12.5. The normalized spacial score (nSPS) is 10.6. The van der Waals surface area contributed by atoms with Gasteiger partial charge in [0.2, 0.25) is 0 Å². The first kappa shape index (κ1) is 18.1. The lowest BCUT2D eigenvalue weighted by Gasteiger charge is -2.11. The number of hydrogen-bond donors (Lipinski definition) is 2. The molecule has 0 spiro atoms. The molecule has 7 heteroatoms. The van der Waals surface area contributed by atoms with Gasteiger partial charge < -0.3 is 10.6 Å². The maximum atomic E-state index is 13.8. The summed E-state index contributed by atoms with van der Waals surface area (Å²) in [7, 11) is 0. The summed E-state index contributed by atoms with van der Waals surface area (Å²) in [5, 5.41) is 6.77. The molecule has 0 aliphatic rings. The molecule has 134 valence electrons. The zero-order valence-corrected chi connectivity index (χ0v) is 14.8. The van der Waals surface area contributed by atoms with E-state index in [0.29, 0.717) is 29.0 Å². The van der Waals surface area contributed by atoms with E-state index in [0.717, 1.165) is 18.1 Å². The molecule has 2 N–H and O–H groups in total. The fourth-order valence-electron chi connectivity index (χ4n) is 2.44. The van der Waals surface area contributed by atoms with Gasteiger partial charge in [-0.1, -0.05) is 23.7 Å². The Hall–Kier alpha value is -2.73. The Morgan fingerprint density at radius 2 is 1.69 bits per heavy atom. The van der Waals surface area contributed by atoms with Crippen LogP contribution in [0.3, 0.4) is 0 Å². The van der Waals surface area contributed by atoms with Crippen molar-refractivity contribution in [2.75, 3.05) is 17.2 Å². The molecular formula is C19H17ClF2N4. The van der Waals surface area contributed by atoms with Gasteiger partial charge in [0.25, 0.3) is 0 Å². The van der Waals surface area contributed by atoms with E-state index in [9.17, 15) is 8.78 Å². The van der Waals surface area contributed by atoms with Crippen molar-refractivity contribution in [3.8, 4) is 0 Å². The molecule has 3 rings (SSSR count). The number of nitrogens with zero attached hydrogens (tertiary/aromatic N) is 2. The van der Waals surface area contributed by atoms with Crippen LogP contribution in [0.1, 0.15) is 11.4 Å². The van der Waals surface area contributed by atoms with Gasteiger partial charge in [-0.15, -0.1) is 0 Å². The maximum Gasteiger partial charge on any atom is 0.149 e. The minimum Gasteiger partial charge on any atom is -0.370 e. The van der Waals surface area contributed by atoms with Crippen molar-refractivity contribution in [1.82, 2.24) is 9.97 Å². The van der Waals surface area contributed by atoms with Crippen LogP contribution in [-0.4, -0.2) is 16.5 Å². The zero-order valence-electron chi connectivity index (χ0n) is 14.1. The Balaban J connectivity index is 1.66. The summed E-state index contributed by atoms with van der Waals surface area (Å²) in [5.41, 5.74) is 1.30. The van der Waals surface area contributed by atoms with Gasteiger partial charge in [0.1, 0.15) is 29.1 Å². The third kappa shape index (κ3) is 4.89. The van der Waals surface area contributed by atoms with Crippen molar-refractivity contribution in [3.63, 3.8) is 0 Å². The average molecular weight is 375 g/mol. The van der Waals surface area contributed by atoms with Gasteiger partial charge in [0.15, 0.2) is 0 Å². The number of halogens is 3. The van der Waals surface area contributed by atoms with E-state index in [1.54, 1.807) is 13.0 Å². The predicted molar refractivity (Wildman–Crippen MR) is 100 cm³/mol.